The Morgan fingerprint density at radius 3 is 1.53 bits per heavy atom. The lowest BCUT2D eigenvalue weighted by Gasteiger charge is -2.00. The maximum absolute atomic E-state index is 9.82. The lowest BCUT2D eigenvalue weighted by atomic mass is 10.1. The van der Waals surface area contributed by atoms with E-state index in [0.717, 1.165) is 5.75 Å². The molecule has 3 heteroatoms. The lowest BCUT2D eigenvalue weighted by Crippen LogP contribution is -1.95. The molecule has 116 valence electrons. The molecule has 0 rings (SSSR count). The molecule has 0 aromatic rings. The first-order chi connectivity index (χ1) is 9.18. The number of hydrogen-bond acceptors (Lipinski definition) is 3. The highest BCUT2D eigenvalue weighted by atomic mass is 32.1. The molecule has 0 fully saturated rings. The summed E-state index contributed by atoms with van der Waals surface area (Å²) >= 11 is 4.20. The van der Waals surface area contributed by atoms with E-state index in [9.17, 15) is 4.79 Å². The summed E-state index contributed by atoms with van der Waals surface area (Å²) < 4.78 is 4.40. The number of hydrogen-bond donors (Lipinski definition) is 1. The Morgan fingerprint density at radius 2 is 1.26 bits per heavy atom. The van der Waals surface area contributed by atoms with Crippen molar-refractivity contribution in [3.05, 3.63) is 0 Å². The van der Waals surface area contributed by atoms with Crippen LogP contribution < -0.4 is 0 Å². The highest BCUT2D eigenvalue weighted by molar-refractivity contribution is 7.80. The Hall–Kier alpha value is -0.180. The number of carbonyl (C=O) groups excluding carboxylic acids is 1. The van der Waals surface area contributed by atoms with Crippen molar-refractivity contribution < 1.29 is 9.53 Å². The van der Waals surface area contributed by atoms with Crippen molar-refractivity contribution in [3.8, 4) is 0 Å². The second kappa shape index (κ2) is 20.1. The molecule has 0 aromatic heterocycles. The second-order valence-electron chi connectivity index (χ2n) is 4.83. The molecule has 0 aliphatic rings. The summed E-state index contributed by atoms with van der Waals surface area (Å²) in [4.78, 5) is 9.82. The van der Waals surface area contributed by atoms with E-state index in [0.29, 0.717) is 6.61 Å². The van der Waals surface area contributed by atoms with Gasteiger partial charge in [0, 0.05) is 6.92 Å². The Labute approximate surface area is 126 Å². The van der Waals surface area contributed by atoms with Crippen LogP contribution in [-0.4, -0.2) is 18.3 Å². The first-order valence-corrected chi connectivity index (χ1v) is 8.56. The van der Waals surface area contributed by atoms with E-state index in [-0.39, 0.29) is 5.97 Å². The summed E-state index contributed by atoms with van der Waals surface area (Å²) in [6, 6.07) is 0. The van der Waals surface area contributed by atoms with Crippen molar-refractivity contribution in [1.82, 2.24) is 0 Å². The van der Waals surface area contributed by atoms with Crippen LogP contribution in [0.1, 0.15) is 85.0 Å². The molecular weight excluding hydrogens is 256 g/mol. The van der Waals surface area contributed by atoms with Crippen LogP contribution in [0.25, 0.3) is 0 Å². The van der Waals surface area contributed by atoms with Crippen LogP contribution in [0.4, 0.5) is 0 Å². The van der Waals surface area contributed by atoms with Crippen molar-refractivity contribution in [1.29, 1.82) is 0 Å². The average Bonchev–Trinajstić information content (AvgIpc) is 2.37. The van der Waals surface area contributed by atoms with Crippen LogP contribution in [-0.2, 0) is 9.53 Å². The summed E-state index contributed by atoms with van der Waals surface area (Å²) in [6.07, 6.45) is 14.2. The molecule has 0 N–H and O–H groups in total. The molecule has 0 unspecified atom stereocenters. The molecule has 0 aromatic carbocycles. The molecule has 2 nitrogen and oxygen atoms in total. The topological polar surface area (TPSA) is 26.3 Å². The van der Waals surface area contributed by atoms with E-state index in [2.05, 4.69) is 24.3 Å². The third-order valence-electron chi connectivity index (χ3n) is 2.86. The molecule has 0 spiro atoms. The number of carbonyl (C=O) groups is 1. The minimum atomic E-state index is -0.211. The maximum Gasteiger partial charge on any atom is 0.302 e. The Kier molecular flexibility index (Phi) is 22.4. The Morgan fingerprint density at radius 1 is 0.842 bits per heavy atom. The Bertz CT molecular complexity index is 162. The molecular formula is C16H34O2S. The van der Waals surface area contributed by atoms with Crippen molar-refractivity contribution in [3.63, 3.8) is 0 Å². The van der Waals surface area contributed by atoms with Gasteiger partial charge in [-0.15, -0.1) is 0 Å². The van der Waals surface area contributed by atoms with Gasteiger partial charge in [0.05, 0.1) is 6.61 Å². The van der Waals surface area contributed by atoms with Gasteiger partial charge in [-0.3, -0.25) is 4.79 Å². The zero-order valence-electron chi connectivity index (χ0n) is 13.2. The van der Waals surface area contributed by atoms with E-state index in [1.807, 2.05) is 0 Å². The van der Waals surface area contributed by atoms with Crippen LogP contribution in [0.2, 0.25) is 0 Å². The minimum Gasteiger partial charge on any atom is -0.466 e. The van der Waals surface area contributed by atoms with E-state index in [1.54, 1.807) is 6.92 Å². The van der Waals surface area contributed by atoms with Crippen molar-refractivity contribution >= 4 is 18.6 Å². The predicted octanol–water partition coefficient (Wildman–Crippen LogP) is 5.41. The third-order valence-corrected chi connectivity index (χ3v) is 3.18. The first kappa shape index (κ1) is 21.1. The van der Waals surface area contributed by atoms with Gasteiger partial charge in [0.25, 0.3) is 0 Å². The molecule has 0 atom stereocenters. The van der Waals surface area contributed by atoms with E-state index >= 15 is 0 Å². The number of rotatable bonds is 11. The number of ether oxygens (including phenoxy) is 1. The molecule has 0 saturated carbocycles. The van der Waals surface area contributed by atoms with Gasteiger partial charge in [-0.05, 0) is 19.1 Å². The van der Waals surface area contributed by atoms with Crippen molar-refractivity contribution in [2.75, 3.05) is 12.4 Å². The molecule has 0 bridgehead atoms. The molecule has 19 heavy (non-hydrogen) atoms. The molecule has 0 radical (unpaired) electrons. The number of unbranched alkanes of at least 4 members (excludes halogenated alkanes) is 9. The summed E-state index contributed by atoms with van der Waals surface area (Å²) in [6.45, 7) is 5.93. The summed E-state index contributed by atoms with van der Waals surface area (Å²) in [5.41, 5.74) is 0. The first-order valence-electron chi connectivity index (χ1n) is 7.93. The van der Waals surface area contributed by atoms with Gasteiger partial charge >= 0.3 is 5.97 Å². The van der Waals surface area contributed by atoms with Crippen molar-refractivity contribution in [2.45, 2.75) is 85.0 Å². The highest BCUT2D eigenvalue weighted by Crippen LogP contribution is 2.10. The van der Waals surface area contributed by atoms with Crippen LogP contribution in [0, 0.1) is 0 Å². The molecule has 0 aliphatic heterocycles. The number of esters is 1. The van der Waals surface area contributed by atoms with Gasteiger partial charge in [0.15, 0.2) is 0 Å². The van der Waals surface area contributed by atoms with Gasteiger partial charge in [-0.1, -0.05) is 64.7 Å². The van der Waals surface area contributed by atoms with Gasteiger partial charge in [-0.2, -0.15) is 12.6 Å². The summed E-state index contributed by atoms with van der Waals surface area (Å²) in [5.74, 6) is 0.855. The fourth-order valence-electron chi connectivity index (χ4n) is 1.80. The quantitative estimate of drug-likeness (QED) is 0.313. The van der Waals surface area contributed by atoms with Gasteiger partial charge in [0.2, 0.25) is 0 Å². The van der Waals surface area contributed by atoms with Gasteiger partial charge in [-0.25, -0.2) is 0 Å². The molecule has 0 aliphatic carbocycles. The SMILES string of the molecule is CCCCCCCCCCCCS.CCOC(C)=O. The normalized spacial score (nSPS) is 9.68. The lowest BCUT2D eigenvalue weighted by molar-refractivity contribution is -0.140. The highest BCUT2D eigenvalue weighted by Gasteiger charge is 1.91. The summed E-state index contributed by atoms with van der Waals surface area (Å²) in [5, 5.41) is 0. The smallest absolute Gasteiger partial charge is 0.302 e. The standard InChI is InChI=1S/C12H26S.C4H8O2/c1-2-3-4-5-6-7-8-9-10-11-12-13;1-3-6-4(2)5/h13H,2-12H2,1H3;3H2,1-2H3. The Balaban J connectivity index is 0. The third kappa shape index (κ3) is 27.1. The van der Waals surface area contributed by atoms with Crippen LogP contribution in [0.3, 0.4) is 0 Å². The molecule has 0 heterocycles. The van der Waals surface area contributed by atoms with Gasteiger partial charge in [0.1, 0.15) is 0 Å². The predicted molar refractivity (Wildman–Crippen MR) is 88.0 cm³/mol. The van der Waals surface area contributed by atoms with Crippen LogP contribution in [0.5, 0.6) is 0 Å². The molecule has 0 amide bonds. The minimum absolute atomic E-state index is 0.211. The monoisotopic (exact) mass is 290 g/mol. The second-order valence-corrected chi connectivity index (χ2v) is 5.28. The number of thiol groups is 1. The fraction of sp³-hybridized carbons (Fsp3) is 0.938. The van der Waals surface area contributed by atoms with E-state index < -0.39 is 0 Å². The zero-order chi connectivity index (χ0) is 14.8. The summed E-state index contributed by atoms with van der Waals surface area (Å²) in [7, 11) is 0. The van der Waals surface area contributed by atoms with Crippen LogP contribution in [0.15, 0.2) is 0 Å². The maximum atomic E-state index is 9.82. The fourth-order valence-corrected chi connectivity index (χ4v) is 2.03. The van der Waals surface area contributed by atoms with Crippen molar-refractivity contribution in [2.24, 2.45) is 0 Å². The van der Waals surface area contributed by atoms with Gasteiger partial charge < -0.3 is 4.74 Å². The largest absolute Gasteiger partial charge is 0.466 e. The van der Waals surface area contributed by atoms with Crippen LogP contribution >= 0.6 is 12.6 Å². The average molecular weight is 291 g/mol. The van der Waals surface area contributed by atoms with E-state index in [1.165, 1.54) is 71.1 Å². The zero-order valence-corrected chi connectivity index (χ0v) is 14.1. The van der Waals surface area contributed by atoms with E-state index in [4.69, 9.17) is 0 Å². The molecule has 0 saturated heterocycles.